The number of carboxylic acids is 1. The lowest BCUT2D eigenvalue weighted by molar-refractivity contribution is 0.0696. The van der Waals surface area contributed by atoms with Gasteiger partial charge in [-0.05, 0) is 60.5 Å². The minimum Gasteiger partial charge on any atom is -0.496 e. The predicted octanol–water partition coefficient (Wildman–Crippen LogP) is 5.57. The molecule has 0 saturated carbocycles. The van der Waals surface area contributed by atoms with E-state index < -0.39 is 17.7 Å². The third kappa shape index (κ3) is 5.81. The Morgan fingerprint density at radius 1 is 1.09 bits per heavy atom. The molecule has 0 unspecified atom stereocenters. The first kappa shape index (κ1) is 24.1. The summed E-state index contributed by atoms with van der Waals surface area (Å²) in [6.07, 6.45) is 0.852. The fourth-order valence-electron chi connectivity index (χ4n) is 3.22. The van der Waals surface area contributed by atoms with Crippen molar-refractivity contribution in [2.24, 2.45) is 0 Å². The highest BCUT2D eigenvalue weighted by atomic mass is 35.5. The van der Waals surface area contributed by atoms with Crippen molar-refractivity contribution in [3.63, 3.8) is 0 Å². The topological polar surface area (TPSA) is 84.9 Å². The van der Waals surface area contributed by atoms with Crippen LogP contribution in [-0.4, -0.2) is 30.7 Å². The number of hydrogen-bond donors (Lipinski definition) is 2. The molecule has 0 aliphatic rings. The molecule has 33 heavy (non-hydrogen) atoms. The number of ether oxygens (including phenoxy) is 2. The van der Waals surface area contributed by atoms with Crippen LogP contribution < -0.4 is 14.8 Å². The van der Waals surface area contributed by atoms with Gasteiger partial charge >= 0.3 is 5.97 Å². The first-order valence-electron chi connectivity index (χ1n) is 10.2. The molecule has 0 aliphatic carbocycles. The van der Waals surface area contributed by atoms with E-state index in [0.717, 1.165) is 12.5 Å². The summed E-state index contributed by atoms with van der Waals surface area (Å²) in [5, 5.41) is 12.3. The number of carbonyl (C=O) groups excluding carboxylic acids is 1. The van der Waals surface area contributed by atoms with Crippen LogP contribution in [0.5, 0.6) is 11.5 Å². The first-order valence-corrected chi connectivity index (χ1v) is 10.6. The Balaban J connectivity index is 1.82. The van der Waals surface area contributed by atoms with Gasteiger partial charge in [-0.2, -0.15) is 0 Å². The van der Waals surface area contributed by atoms with Gasteiger partial charge in [0, 0.05) is 17.7 Å². The molecule has 3 aromatic rings. The molecule has 172 valence electrons. The Labute approximate surface area is 195 Å². The zero-order valence-corrected chi connectivity index (χ0v) is 18.9. The molecule has 0 saturated heterocycles. The summed E-state index contributed by atoms with van der Waals surface area (Å²) in [5.74, 6) is -1.03. The third-order valence-corrected chi connectivity index (χ3v) is 5.21. The summed E-state index contributed by atoms with van der Waals surface area (Å²) in [4.78, 5) is 24.0. The lowest BCUT2D eigenvalue weighted by Crippen LogP contribution is -2.23. The van der Waals surface area contributed by atoms with Crippen molar-refractivity contribution in [2.75, 3.05) is 13.7 Å². The first-order chi connectivity index (χ1) is 15.8. The van der Waals surface area contributed by atoms with Crippen LogP contribution in [0.3, 0.4) is 0 Å². The van der Waals surface area contributed by atoms with Gasteiger partial charge in [0.05, 0.1) is 29.9 Å². The summed E-state index contributed by atoms with van der Waals surface area (Å²) in [5.41, 5.74) is 1.43. The molecular formula is C25H23ClFNO5. The molecule has 3 rings (SSSR count). The van der Waals surface area contributed by atoms with Crippen LogP contribution in [-0.2, 0) is 6.54 Å². The maximum atomic E-state index is 14.4. The molecule has 2 N–H and O–H groups in total. The van der Waals surface area contributed by atoms with Crippen LogP contribution >= 0.6 is 11.6 Å². The molecule has 3 aromatic carbocycles. The number of carboxylic acid groups (broad SMARTS) is 1. The second-order valence-corrected chi connectivity index (χ2v) is 7.61. The molecule has 0 fully saturated rings. The normalized spacial score (nSPS) is 10.5. The van der Waals surface area contributed by atoms with Gasteiger partial charge in [-0.15, -0.1) is 0 Å². The molecule has 6 nitrogen and oxygen atoms in total. The molecule has 0 radical (unpaired) electrons. The second kappa shape index (κ2) is 10.8. The van der Waals surface area contributed by atoms with Crippen LogP contribution in [0.1, 0.15) is 39.6 Å². The van der Waals surface area contributed by atoms with Gasteiger partial charge in [0.15, 0.2) is 0 Å². The zero-order chi connectivity index (χ0) is 24.0. The van der Waals surface area contributed by atoms with Gasteiger partial charge < -0.3 is 19.9 Å². The van der Waals surface area contributed by atoms with Crippen LogP contribution in [0.4, 0.5) is 4.39 Å². The summed E-state index contributed by atoms with van der Waals surface area (Å²) in [6, 6.07) is 13.3. The van der Waals surface area contributed by atoms with Crippen molar-refractivity contribution in [3.8, 4) is 22.6 Å². The van der Waals surface area contributed by atoms with Crippen LogP contribution in [0, 0.1) is 5.82 Å². The minimum absolute atomic E-state index is 0.0296. The van der Waals surface area contributed by atoms with Crippen LogP contribution in [0.2, 0.25) is 5.02 Å². The second-order valence-electron chi connectivity index (χ2n) is 7.20. The van der Waals surface area contributed by atoms with E-state index in [1.807, 2.05) is 6.92 Å². The monoisotopic (exact) mass is 471 g/mol. The highest BCUT2D eigenvalue weighted by Gasteiger charge is 2.15. The highest BCUT2D eigenvalue weighted by molar-refractivity contribution is 6.34. The average molecular weight is 472 g/mol. The van der Waals surface area contributed by atoms with Gasteiger partial charge in [0.25, 0.3) is 5.91 Å². The number of aromatic carboxylic acids is 1. The SMILES string of the molecule is CCCOc1ccc(C(=O)NCc2cc(-c3cc(C(=O)O)ccc3F)ccc2OC)c(Cl)c1. The molecule has 0 aliphatic heterocycles. The standard InChI is InChI=1S/C25H23ClFNO5/c1-3-10-33-18-6-7-19(21(26)13-18)24(29)28-14-17-11-15(5-9-23(17)32-2)20-12-16(25(30)31)4-8-22(20)27/h4-9,11-13H,3,10,14H2,1-2H3,(H,28,29)(H,30,31). The van der Waals surface area contributed by atoms with Crippen molar-refractivity contribution in [1.82, 2.24) is 5.32 Å². The Kier molecular flexibility index (Phi) is 7.90. The summed E-state index contributed by atoms with van der Waals surface area (Å²) < 4.78 is 25.3. The van der Waals surface area contributed by atoms with Gasteiger partial charge in [-0.1, -0.05) is 24.6 Å². The molecule has 0 bridgehead atoms. The summed E-state index contributed by atoms with van der Waals surface area (Å²) >= 11 is 6.25. The summed E-state index contributed by atoms with van der Waals surface area (Å²) in [7, 11) is 1.48. The van der Waals surface area contributed by atoms with E-state index in [1.165, 1.54) is 19.2 Å². The van der Waals surface area contributed by atoms with E-state index in [9.17, 15) is 19.1 Å². The molecular weight excluding hydrogens is 449 g/mol. The van der Waals surface area contributed by atoms with Gasteiger partial charge in [0.2, 0.25) is 0 Å². The fraction of sp³-hybridized carbons (Fsp3) is 0.200. The van der Waals surface area contributed by atoms with E-state index in [4.69, 9.17) is 21.1 Å². The minimum atomic E-state index is -1.15. The van der Waals surface area contributed by atoms with Gasteiger partial charge in [0.1, 0.15) is 17.3 Å². The maximum Gasteiger partial charge on any atom is 0.335 e. The molecule has 0 spiro atoms. The van der Waals surface area contributed by atoms with E-state index >= 15 is 0 Å². The highest BCUT2D eigenvalue weighted by Crippen LogP contribution is 2.30. The Morgan fingerprint density at radius 2 is 1.88 bits per heavy atom. The number of nitrogens with one attached hydrogen (secondary N) is 1. The molecule has 0 aromatic heterocycles. The Bertz CT molecular complexity index is 1180. The number of rotatable bonds is 9. The fourth-order valence-corrected chi connectivity index (χ4v) is 3.48. The Hall–Kier alpha value is -3.58. The zero-order valence-electron chi connectivity index (χ0n) is 18.2. The number of methoxy groups -OCH3 is 1. The third-order valence-electron chi connectivity index (χ3n) is 4.90. The van der Waals surface area contributed by atoms with Crippen molar-refractivity contribution in [2.45, 2.75) is 19.9 Å². The van der Waals surface area contributed by atoms with E-state index in [0.29, 0.717) is 29.2 Å². The quantitative estimate of drug-likeness (QED) is 0.426. The lowest BCUT2D eigenvalue weighted by Gasteiger charge is -2.14. The molecule has 0 atom stereocenters. The maximum absolute atomic E-state index is 14.4. The van der Waals surface area contributed by atoms with Crippen molar-refractivity contribution in [1.29, 1.82) is 0 Å². The van der Waals surface area contributed by atoms with Crippen LogP contribution in [0.25, 0.3) is 11.1 Å². The Morgan fingerprint density at radius 3 is 2.55 bits per heavy atom. The number of amides is 1. The predicted molar refractivity (Wildman–Crippen MR) is 124 cm³/mol. The van der Waals surface area contributed by atoms with Gasteiger partial charge in [-0.3, -0.25) is 4.79 Å². The van der Waals surface area contributed by atoms with E-state index in [2.05, 4.69) is 5.32 Å². The number of benzene rings is 3. The average Bonchev–Trinajstić information content (AvgIpc) is 2.81. The molecule has 0 heterocycles. The van der Waals surface area contributed by atoms with E-state index in [1.54, 1.807) is 36.4 Å². The van der Waals surface area contributed by atoms with Crippen LogP contribution in [0.15, 0.2) is 54.6 Å². The number of hydrogen-bond acceptors (Lipinski definition) is 4. The summed E-state index contributed by atoms with van der Waals surface area (Å²) in [6.45, 7) is 2.62. The lowest BCUT2D eigenvalue weighted by atomic mass is 9.99. The number of halogens is 2. The molecule has 1 amide bonds. The smallest absolute Gasteiger partial charge is 0.335 e. The van der Waals surface area contributed by atoms with E-state index in [-0.39, 0.29) is 28.3 Å². The van der Waals surface area contributed by atoms with Crippen molar-refractivity contribution in [3.05, 3.63) is 82.1 Å². The van der Waals surface area contributed by atoms with Gasteiger partial charge in [-0.25, -0.2) is 9.18 Å². The number of carbonyl (C=O) groups is 2. The molecule has 8 heteroatoms. The van der Waals surface area contributed by atoms with Crippen molar-refractivity contribution >= 4 is 23.5 Å². The largest absolute Gasteiger partial charge is 0.496 e. The van der Waals surface area contributed by atoms with Crippen molar-refractivity contribution < 1.29 is 28.6 Å².